The number of nitrogens with zero attached hydrogens (tertiary/aromatic N) is 1. The molecule has 1 amide bonds. The summed E-state index contributed by atoms with van der Waals surface area (Å²) >= 11 is 1.95. The van der Waals surface area contributed by atoms with E-state index in [2.05, 4.69) is 29.6 Å². The van der Waals surface area contributed by atoms with E-state index in [1.54, 1.807) is 0 Å². The van der Waals surface area contributed by atoms with E-state index < -0.39 is 0 Å². The summed E-state index contributed by atoms with van der Waals surface area (Å²) in [5, 5.41) is 3.38. The predicted molar refractivity (Wildman–Crippen MR) is 79.3 cm³/mol. The van der Waals surface area contributed by atoms with Gasteiger partial charge in [0.05, 0.1) is 6.04 Å². The molecule has 1 aromatic rings. The van der Waals surface area contributed by atoms with Crippen LogP contribution in [0.3, 0.4) is 0 Å². The largest absolute Gasteiger partial charge is 0.341 e. The van der Waals surface area contributed by atoms with E-state index >= 15 is 0 Å². The Morgan fingerprint density at radius 1 is 1.37 bits per heavy atom. The van der Waals surface area contributed by atoms with Crippen LogP contribution in [-0.2, 0) is 17.8 Å². The highest BCUT2D eigenvalue weighted by atomic mass is 32.2. The van der Waals surface area contributed by atoms with E-state index in [1.807, 2.05) is 23.7 Å². The molecule has 102 valence electrons. The average Bonchev–Trinajstić information content (AvgIpc) is 2.99. The maximum absolute atomic E-state index is 12.5. The highest BCUT2D eigenvalue weighted by Gasteiger charge is 2.30. The zero-order valence-corrected chi connectivity index (χ0v) is 12.1. The number of amides is 1. The normalized spacial score (nSPS) is 25.9. The first-order valence-corrected chi connectivity index (χ1v) is 8.06. The second-order valence-electron chi connectivity index (χ2n) is 5.37. The Bertz CT molecular complexity index is 471. The van der Waals surface area contributed by atoms with Crippen LogP contribution in [0.15, 0.2) is 24.3 Å². The lowest BCUT2D eigenvalue weighted by atomic mass is 9.95. The summed E-state index contributed by atoms with van der Waals surface area (Å²) in [5.41, 5.74) is 2.64. The second kappa shape index (κ2) is 5.55. The van der Waals surface area contributed by atoms with E-state index in [0.717, 1.165) is 25.1 Å². The molecule has 0 aliphatic carbocycles. The molecule has 0 aromatic heterocycles. The number of carbonyl (C=O) groups is 1. The maximum atomic E-state index is 12.5. The number of hydrogen-bond donors (Lipinski definition) is 1. The molecule has 1 aromatic carbocycles. The minimum Gasteiger partial charge on any atom is -0.341 e. The third kappa shape index (κ3) is 2.65. The van der Waals surface area contributed by atoms with Crippen molar-refractivity contribution >= 4 is 17.7 Å². The van der Waals surface area contributed by atoms with Crippen LogP contribution in [-0.4, -0.2) is 41.4 Å². The first-order chi connectivity index (χ1) is 9.25. The van der Waals surface area contributed by atoms with Crippen molar-refractivity contribution < 1.29 is 4.79 Å². The third-order valence-corrected chi connectivity index (χ3v) is 5.33. The first kappa shape index (κ1) is 13.0. The summed E-state index contributed by atoms with van der Waals surface area (Å²) in [6, 6.07) is 8.78. The van der Waals surface area contributed by atoms with Crippen molar-refractivity contribution in [2.75, 3.05) is 18.6 Å². The van der Waals surface area contributed by atoms with Crippen molar-refractivity contribution in [3.63, 3.8) is 0 Å². The van der Waals surface area contributed by atoms with Gasteiger partial charge in [0.15, 0.2) is 0 Å². The van der Waals surface area contributed by atoms with E-state index in [4.69, 9.17) is 0 Å². The maximum Gasteiger partial charge on any atom is 0.240 e. The van der Waals surface area contributed by atoms with Crippen LogP contribution in [0.5, 0.6) is 0 Å². The van der Waals surface area contributed by atoms with Crippen LogP contribution in [0.4, 0.5) is 0 Å². The minimum atomic E-state index is -0.0505. The zero-order chi connectivity index (χ0) is 13.2. The zero-order valence-electron chi connectivity index (χ0n) is 11.3. The molecule has 0 bridgehead atoms. The van der Waals surface area contributed by atoms with Crippen LogP contribution in [0, 0.1) is 0 Å². The fourth-order valence-corrected chi connectivity index (χ4v) is 4.15. The molecule has 19 heavy (non-hydrogen) atoms. The Morgan fingerprint density at radius 2 is 2.16 bits per heavy atom. The van der Waals surface area contributed by atoms with Gasteiger partial charge < -0.3 is 10.2 Å². The molecule has 3 nitrogen and oxygen atoms in total. The number of carbonyl (C=O) groups excluding carboxylic acids is 1. The van der Waals surface area contributed by atoms with Crippen LogP contribution < -0.4 is 5.32 Å². The number of likely N-dealkylation sites (N-methyl/N-ethyl adjacent to an activating group) is 1. The van der Waals surface area contributed by atoms with Gasteiger partial charge in [-0.05, 0) is 29.7 Å². The Hall–Kier alpha value is -1.00. The summed E-state index contributed by atoms with van der Waals surface area (Å²) in [6.45, 7) is 0.805. The van der Waals surface area contributed by atoms with Gasteiger partial charge in [-0.25, -0.2) is 0 Å². The molecule has 2 aliphatic rings. The molecule has 3 rings (SSSR count). The molecule has 1 saturated heterocycles. The van der Waals surface area contributed by atoms with Crippen molar-refractivity contribution in [1.29, 1.82) is 0 Å². The molecule has 0 saturated carbocycles. The summed E-state index contributed by atoms with van der Waals surface area (Å²) < 4.78 is 0. The van der Waals surface area contributed by atoms with Gasteiger partial charge in [-0.15, -0.1) is 0 Å². The van der Waals surface area contributed by atoms with E-state index in [1.165, 1.54) is 16.9 Å². The highest BCUT2D eigenvalue weighted by Crippen LogP contribution is 2.23. The average molecular weight is 276 g/mol. The summed E-state index contributed by atoms with van der Waals surface area (Å²) in [4.78, 5) is 14.5. The van der Waals surface area contributed by atoms with Crippen molar-refractivity contribution in [2.24, 2.45) is 0 Å². The van der Waals surface area contributed by atoms with Crippen LogP contribution in [0.1, 0.15) is 17.5 Å². The molecule has 2 atom stereocenters. The van der Waals surface area contributed by atoms with E-state index in [0.29, 0.717) is 6.04 Å². The van der Waals surface area contributed by atoms with Gasteiger partial charge in [0.2, 0.25) is 5.91 Å². The van der Waals surface area contributed by atoms with Gasteiger partial charge in [0.1, 0.15) is 0 Å². The lowest BCUT2D eigenvalue weighted by Gasteiger charge is -2.31. The summed E-state index contributed by atoms with van der Waals surface area (Å²) in [7, 11) is 1.96. The molecule has 0 spiro atoms. The van der Waals surface area contributed by atoms with Crippen LogP contribution in [0.2, 0.25) is 0 Å². The fraction of sp³-hybridized carbons (Fsp3) is 0.533. The minimum absolute atomic E-state index is 0.0505. The van der Waals surface area contributed by atoms with Gasteiger partial charge in [-0.2, -0.15) is 11.8 Å². The van der Waals surface area contributed by atoms with Crippen LogP contribution in [0.25, 0.3) is 0 Å². The third-order valence-electron chi connectivity index (χ3n) is 4.18. The molecule has 1 N–H and O–H groups in total. The van der Waals surface area contributed by atoms with Crippen molar-refractivity contribution in [2.45, 2.75) is 31.5 Å². The molecule has 2 heterocycles. The number of hydrogen-bond acceptors (Lipinski definition) is 3. The highest BCUT2D eigenvalue weighted by molar-refractivity contribution is 7.99. The second-order valence-corrected chi connectivity index (χ2v) is 6.52. The standard InChI is InChI=1S/C15H20N2OS/c1-17(13-6-7-19-10-13)15(18)14-8-11-4-2-3-5-12(11)9-16-14/h2-5,13-14,16H,6-10H2,1H3/t13?,14-/m1/s1. The number of fused-ring (bicyclic) bond motifs is 1. The monoisotopic (exact) mass is 276 g/mol. The Kier molecular flexibility index (Phi) is 3.80. The molecular weight excluding hydrogens is 256 g/mol. The molecule has 4 heteroatoms. The summed E-state index contributed by atoms with van der Waals surface area (Å²) in [6.07, 6.45) is 1.95. The van der Waals surface area contributed by atoms with Crippen molar-refractivity contribution in [3.05, 3.63) is 35.4 Å². The van der Waals surface area contributed by atoms with E-state index in [-0.39, 0.29) is 11.9 Å². The van der Waals surface area contributed by atoms with Gasteiger partial charge in [0, 0.05) is 25.4 Å². The molecule has 0 radical (unpaired) electrons. The molecular formula is C15H20N2OS. The first-order valence-electron chi connectivity index (χ1n) is 6.90. The van der Waals surface area contributed by atoms with Gasteiger partial charge in [-0.3, -0.25) is 4.79 Å². The lowest BCUT2D eigenvalue weighted by Crippen LogP contribution is -2.51. The molecule has 1 fully saturated rings. The van der Waals surface area contributed by atoms with Gasteiger partial charge in [-0.1, -0.05) is 24.3 Å². The SMILES string of the molecule is CN(C(=O)[C@H]1Cc2ccccc2CN1)C1CCSC1. The smallest absolute Gasteiger partial charge is 0.240 e. The quantitative estimate of drug-likeness (QED) is 0.892. The predicted octanol–water partition coefficient (Wildman–Crippen LogP) is 1.66. The van der Waals surface area contributed by atoms with Crippen molar-refractivity contribution in [3.8, 4) is 0 Å². The number of rotatable bonds is 2. The van der Waals surface area contributed by atoms with Crippen LogP contribution >= 0.6 is 11.8 Å². The van der Waals surface area contributed by atoms with Crippen molar-refractivity contribution in [1.82, 2.24) is 10.2 Å². The number of benzene rings is 1. The molecule has 1 unspecified atom stereocenters. The van der Waals surface area contributed by atoms with E-state index in [9.17, 15) is 4.79 Å². The van der Waals surface area contributed by atoms with Gasteiger partial charge in [0.25, 0.3) is 0 Å². The Labute approximate surface area is 118 Å². The topological polar surface area (TPSA) is 32.3 Å². The Morgan fingerprint density at radius 3 is 2.89 bits per heavy atom. The number of nitrogens with one attached hydrogen (secondary N) is 1. The lowest BCUT2D eigenvalue weighted by molar-refractivity contribution is -0.134. The fourth-order valence-electron chi connectivity index (χ4n) is 2.88. The van der Waals surface area contributed by atoms with Gasteiger partial charge >= 0.3 is 0 Å². The number of thioether (sulfide) groups is 1. The Balaban J connectivity index is 1.68. The summed E-state index contributed by atoms with van der Waals surface area (Å²) in [5.74, 6) is 2.52. The molecule has 2 aliphatic heterocycles.